The molecule has 0 saturated heterocycles. The second-order valence-electron chi connectivity index (χ2n) is 7.20. The summed E-state index contributed by atoms with van der Waals surface area (Å²) in [6.45, 7) is 9.19. The third-order valence-electron chi connectivity index (χ3n) is 4.83. The molecule has 0 spiro atoms. The fourth-order valence-electron chi connectivity index (χ4n) is 3.25. The SMILES string of the molecule is C=Nc1c(N(COCCCCC)Cc2ccc(Cl)cc2)c(=O)n(CCC)c(=O)n1C. The first kappa shape index (κ1) is 23.9. The molecule has 2 aromatic rings. The van der Waals surface area contributed by atoms with Crippen molar-refractivity contribution in [1.82, 2.24) is 9.13 Å². The lowest BCUT2D eigenvalue weighted by Gasteiger charge is -2.26. The summed E-state index contributed by atoms with van der Waals surface area (Å²) in [5, 5.41) is 0.641. The number of rotatable bonds is 12. The maximum atomic E-state index is 13.3. The van der Waals surface area contributed by atoms with Gasteiger partial charge in [-0.05, 0) is 37.3 Å². The molecule has 0 unspecified atom stereocenters. The van der Waals surface area contributed by atoms with Crippen LogP contribution in [-0.4, -0.2) is 29.2 Å². The molecule has 0 radical (unpaired) electrons. The second kappa shape index (κ2) is 11.7. The lowest BCUT2D eigenvalue weighted by Crippen LogP contribution is -2.43. The summed E-state index contributed by atoms with van der Waals surface area (Å²) in [6, 6.07) is 7.42. The van der Waals surface area contributed by atoms with Gasteiger partial charge in [0.2, 0.25) is 0 Å². The topological polar surface area (TPSA) is 68.8 Å². The number of aliphatic imine (C=N–C) groups is 1. The molecule has 0 aliphatic rings. The molecule has 1 heterocycles. The van der Waals surface area contributed by atoms with Crippen LogP contribution in [0.4, 0.5) is 11.5 Å². The van der Waals surface area contributed by atoms with Crippen LogP contribution in [0.5, 0.6) is 0 Å². The quantitative estimate of drug-likeness (QED) is 0.286. The largest absolute Gasteiger partial charge is 0.361 e. The summed E-state index contributed by atoms with van der Waals surface area (Å²) in [7, 11) is 1.60. The van der Waals surface area contributed by atoms with Crippen LogP contribution in [-0.2, 0) is 24.9 Å². The molecule has 8 heteroatoms. The fourth-order valence-corrected chi connectivity index (χ4v) is 3.37. The molecule has 0 atom stereocenters. The smallest absolute Gasteiger partial charge is 0.332 e. The Hall–Kier alpha value is -2.38. The van der Waals surface area contributed by atoms with Crippen molar-refractivity contribution in [2.24, 2.45) is 12.0 Å². The molecule has 0 saturated carbocycles. The molecule has 1 aromatic carbocycles. The summed E-state index contributed by atoms with van der Waals surface area (Å²) in [6.07, 6.45) is 3.80. The van der Waals surface area contributed by atoms with E-state index in [0.717, 1.165) is 24.8 Å². The highest BCUT2D eigenvalue weighted by Crippen LogP contribution is 2.24. The zero-order chi connectivity index (χ0) is 22.1. The molecule has 0 bridgehead atoms. The summed E-state index contributed by atoms with van der Waals surface area (Å²) in [5.41, 5.74) is 0.490. The van der Waals surface area contributed by atoms with Crippen molar-refractivity contribution in [3.8, 4) is 0 Å². The zero-order valence-electron chi connectivity index (χ0n) is 18.1. The van der Waals surface area contributed by atoms with E-state index in [1.807, 2.05) is 24.0 Å². The van der Waals surface area contributed by atoms with Gasteiger partial charge in [0.05, 0.1) is 0 Å². The van der Waals surface area contributed by atoms with Gasteiger partial charge in [-0.2, -0.15) is 0 Å². The Morgan fingerprint density at radius 1 is 1.13 bits per heavy atom. The minimum absolute atomic E-state index is 0.203. The normalized spacial score (nSPS) is 10.9. The highest BCUT2D eigenvalue weighted by molar-refractivity contribution is 6.30. The Labute approximate surface area is 182 Å². The van der Waals surface area contributed by atoms with Gasteiger partial charge in [0, 0.05) is 31.8 Å². The van der Waals surface area contributed by atoms with Crippen molar-refractivity contribution in [3.63, 3.8) is 0 Å². The van der Waals surface area contributed by atoms with Gasteiger partial charge in [0.15, 0.2) is 5.82 Å². The third kappa shape index (κ3) is 5.83. The zero-order valence-corrected chi connectivity index (χ0v) is 18.8. The van der Waals surface area contributed by atoms with Crippen molar-refractivity contribution in [2.45, 2.75) is 52.6 Å². The highest BCUT2D eigenvalue weighted by Gasteiger charge is 2.22. The van der Waals surface area contributed by atoms with E-state index in [1.165, 1.54) is 9.13 Å². The van der Waals surface area contributed by atoms with E-state index in [4.69, 9.17) is 16.3 Å². The summed E-state index contributed by atoms with van der Waals surface area (Å²) in [4.78, 5) is 31.7. The highest BCUT2D eigenvalue weighted by atomic mass is 35.5. The van der Waals surface area contributed by atoms with E-state index in [0.29, 0.717) is 36.8 Å². The van der Waals surface area contributed by atoms with Crippen molar-refractivity contribution in [1.29, 1.82) is 0 Å². The fraction of sp³-hybridized carbons (Fsp3) is 0.500. The minimum Gasteiger partial charge on any atom is -0.361 e. The van der Waals surface area contributed by atoms with Gasteiger partial charge in [-0.1, -0.05) is 50.4 Å². The maximum absolute atomic E-state index is 13.3. The van der Waals surface area contributed by atoms with E-state index >= 15 is 0 Å². The Kier molecular flexibility index (Phi) is 9.33. The van der Waals surface area contributed by atoms with E-state index in [1.54, 1.807) is 19.2 Å². The van der Waals surface area contributed by atoms with Gasteiger partial charge in [-0.15, -0.1) is 0 Å². The number of halogens is 1. The van der Waals surface area contributed by atoms with Crippen LogP contribution in [0.3, 0.4) is 0 Å². The molecule has 0 fully saturated rings. The Morgan fingerprint density at radius 3 is 2.43 bits per heavy atom. The standard InChI is InChI=1S/C22H31ClN4O3/c1-5-7-8-14-30-16-26(15-17-9-11-18(23)12-10-17)19-20(24-3)25(4)22(29)27(13-6-2)21(19)28/h9-12H,3,5-8,13-16H2,1-2,4H3. The van der Waals surface area contributed by atoms with Gasteiger partial charge in [0.25, 0.3) is 5.56 Å². The Balaban J connectivity index is 2.49. The van der Waals surface area contributed by atoms with Crippen molar-refractivity contribution >= 4 is 29.8 Å². The molecule has 164 valence electrons. The maximum Gasteiger partial charge on any atom is 0.332 e. The van der Waals surface area contributed by atoms with Crippen LogP contribution >= 0.6 is 11.6 Å². The Bertz CT molecular complexity index is 951. The predicted molar refractivity (Wildman–Crippen MR) is 123 cm³/mol. The third-order valence-corrected chi connectivity index (χ3v) is 5.09. The number of nitrogens with zero attached hydrogens (tertiary/aromatic N) is 4. The molecule has 0 N–H and O–H groups in total. The van der Waals surface area contributed by atoms with Crippen molar-refractivity contribution in [2.75, 3.05) is 18.2 Å². The second-order valence-corrected chi connectivity index (χ2v) is 7.63. The molecular weight excluding hydrogens is 404 g/mol. The van der Waals surface area contributed by atoms with E-state index in [-0.39, 0.29) is 18.1 Å². The van der Waals surface area contributed by atoms with Gasteiger partial charge < -0.3 is 9.64 Å². The lowest BCUT2D eigenvalue weighted by molar-refractivity contribution is 0.129. The van der Waals surface area contributed by atoms with Crippen LogP contribution < -0.4 is 16.1 Å². The summed E-state index contributed by atoms with van der Waals surface area (Å²) < 4.78 is 8.49. The molecule has 0 aliphatic heterocycles. The molecule has 0 aliphatic carbocycles. The van der Waals surface area contributed by atoms with Crippen LogP contribution in [0.15, 0.2) is 38.8 Å². The molecule has 2 rings (SSSR count). The Morgan fingerprint density at radius 2 is 1.83 bits per heavy atom. The number of unbranched alkanes of at least 4 members (excludes halogenated alkanes) is 2. The molecular formula is C22H31ClN4O3. The van der Waals surface area contributed by atoms with E-state index in [2.05, 4.69) is 18.6 Å². The van der Waals surface area contributed by atoms with Crippen LogP contribution in [0.1, 0.15) is 45.1 Å². The van der Waals surface area contributed by atoms with E-state index < -0.39 is 5.69 Å². The average molecular weight is 435 g/mol. The number of hydrogen-bond acceptors (Lipinski definition) is 5. The van der Waals surface area contributed by atoms with Crippen LogP contribution in [0, 0.1) is 0 Å². The van der Waals surface area contributed by atoms with Crippen molar-refractivity contribution < 1.29 is 4.74 Å². The van der Waals surface area contributed by atoms with Gasteiger partial charge >= 0.3 is 5.69 Å². The first-order chi connectivity index (χ1) is 14.4. The molecule has 1 aromatic heterocycles. The van der Waals surface area contributed by atoms with Crippen LogP contribution in [0.25, 0.3) is 0 Å². The molecule has 7 nitrogen and oxygen atoms in total. The lowest BCUT2D eigenvalue weighted by atomic mass is 10.2. The number of aromatic nitrogens is 2. The number of anilines is 1. The van der Waals surface area contributed by atoms with Gasteiger partial charge in [-0.25, -0.2) is 9.79 Å². The van der Waals surface area contributed by atoms with Crippen molar-refractivity contribution in [3.05, 3.63) is 55.7 Å². The molecule has 30 heavy (non-hydrogen) atoms. The minimum atomic E-state index is -0.400. The predicted octanol–water partition coefficient (Wildman–Crippen LogP) is 4.11. The molecule has 0 amide bonds. The number of ether oxygens (including phenoxy) is 1. The van der Waals surface area contributed by atoms with Gasteiger partial charge in [-0.3, -0.25) is 13.9 Å². The van der Waals surface area contributed by atoms with Gasteiger partial charge in [0.1, 0.15) is 12.4 Å². The van der Waals surface area contributed by atoms with Crippen LogP contribution in [0.2, 0.25) is 5.02 Å². The monoisotopic (exact) mass is 434 g/mol. The summed E-state index contributed by atoms with van der Waals surface area (Å²) >= 11 is 6.01. The number of hydrogen-bond donors (Lipinski definition) is 0. The first-order valence-corrected chi connectivity index (χ1v) is 10.7. The average Bonchev–Trinajstić information content (AvgIpc) is 2.74. The van der Waals surface area contributed by atoms with E-state index in [9.17, 15) is 9.59 Å². The summed E-state index contributed by atoms with van der Waals surface area (Å²) in [5.74, 6) is 0.239. The number of benzene rings is 1. The first-order valence-electron chi connectivity index (χ1n) is 10.3.